The fourth-order valence-corrected chi connectivity index (χ4v) is 4.10. The number of non-ortho nitro benzene ring substituents is 1. The number of nitro benzene ring substituents is 1. The SMILES string of the molecule is C[C@@H]1Cc2cc3c(cc2C(c2ccc([N+](=O)[O-])cc2)=NN1c1nncs1)OCO3. The molecule has 5 rings (SSSR count). The molecular formula is C19H15N5O4S. The summed E-state index contributed by atoms with van der Waals surface area (Å²) in [6.07, 6.45) is 0.714. The van der Waals surface area contributed by atoms with E-state index in [0.717, 1.165) is 16.7 Å². The quantitative estimate of drug-likeness (QED) is 0.482. The molecule has 0 saturated heterocycles. The molecule has 3 aromatic rings. The molecule has 0 amide bonds. The monoisotopic (exact) mass is 409 g/mol. The van der Waals surface area contributed by atoms with Crippen molar-refractivity contribution in [3.8, 4) is 11.5 Å². The molecule has 9 nitrogen and oxygen atoms in total. The Bertz CT molecular complexity index is 1110. The van der Waals surface area contributed by atoms with E-state index in [1.807, 2.05) is 17.1 Å². The van der Waals surface area contributed by atoms with Crippen molar-refractivity contribution < 1.29 is 14.4 Å². The van der Waals surface area contributed by atoms with Crippen LogP contribution in [0.1, 0.15) is 23.6 Å². The van der Waals surface area contributed by atoms with Gasteiger partial charge in [0.25, 0.3) is 5.69 Å². The average molecular weight is 409 g/mol. The van der Waals surface area contributed by atoms with E-state index < -0.39 is 4.92 Å². The number of ether oxygens (including phenoxy) is 2. The standard InChI is InChI=1S/C19H15N5O4S/c1-11-6-13-7-16-17(28-10-27-16)8-15(13)18(22-23(11)19-21-20-9-29-19)12-2-4-14(5-3-12)24(25)26/h2-5,7-9,11H,6,10H2,1H3/t11-/m1/s1. The molecular weight excluding hydrogens is 394 g/mol. The van der Waals surface area contributed by atoms with Crippen molar-refractivity contribution in [2.75, 3.05) is 11.8 Å². The first-order valence-electron chi connectivity index (χ1n) is 8.92. The summed E-state index contributed by atoms with van der Waals surface area (Å²) >= 11 is 1.40. The van der Waals surface area contributed by atoms with Gasteiger partial charge in [-0.1, -0.05) is 11.3 Å². The second kappa shape index (κ2) is 6.82. The summed E-state index contributed by atoms with van der Waals surface area (Å²) in [5.41, 5.74) is 5.11. The first-order valence-corrected chi connectivity index (χ1v) is 9.80. The molecule has 3 heterocycles. The Kier molecular flexibility index (Phi) is 4.13. The molecule has 0 unspecified atom stereocenters. The van der Waals surface area contributed by atoms with Crippen molar-refractivity contribution in [3.05, 3.63) is 68.7 Å². The Balaban J connectivity index is 1.69. The van der Waals surface area contributed by atoms with Gasteiger partial charge in [0.1, 0.15) is 5.51 Å². The van der Waals surface area contributed by atoms with Crippen LogP contribution in [0.3, 0.4) is 0 Å². The minimum atomic E-state index is -0.416. The second-order valence-electron chi connectivity index (χ2n) is 6.73. The fourth-order valence-electron chi connectivity index (χ4n) is 3.49. The lowest BCUT2D eigenvalue weighted by molar-refractivity contribution is -0.384. The molecule has 2 aromatic carbocycles. The zero-order valence-corrected chi connectivity index (χ0v) is 16.1. The molecule has 29 heavy (non-hydrogen) atoms. The molecule has 2 aliphatic heterocycles. The van der Waals surface area contributed by atoms with Crippen molar-refractivity contribution in [3.63, 3.8) is 0 Å². The van der Waals surface area contributed by atoms with Crippen LogP contribution >= 0.6 is 11.3 Å². The van der Waals surface area contributed by atoms with Gasteiger partial charge in [-0.3, -0.25) is 10.1 Å². The van der Waals surface area contributed by atoms with Gasteiger partial charge in [0.05, 0.1) is 16.7 Å². The smallest absolute Gasteiger partial charge is 0.269 e. The highest BCUT2D eigenvalue weighted by Crippen LogP contribution is 2.38. The third-order valence-corrected chi connectivity index (χ3v) is 5.57. The Morgan fingerprint density at radius 1 is 1.21 bits per heavy atom. The van der Waals surface area contributed by atoms with E-state index in [1.165, 1.54) is 23.5 Å². The van der Waals surface area contributed by atoms with Gasteiger partial charge in [-0.25, -0.2) is 5.01 Å². The lowest BCUT2D eigenvalue weighted by Gasteiger charge is -2.21. The van der Waals surface area contributed by atoms with Crippen molar-refractivity contribution in [1.82, 2.24) is 10.2 Å². The molecule has 0 spiro atoms. The normalized spacial score (nSPS) is 17.5. The minimum Gasteiger partial charge on any atom is -0.454 e. The number of anilines is 1. The lowest BCUT2D eigenvalue weighted by atomic mass is 9.94. The summed E-state index contributed by atoms with van der Waals surface area (Å²) in [6, 6.07) is 10.3. The number of fused-ring (bicyclic) bond motifs is 2. The molecule has 2 aliphatic rings. The van der Waals surface area contributed by atoms with Crippen LogP contribution in [0.15, 0.2) is 47.0 Å². The summed E-state index contributed by atoms with van der Waals surface area (Å²) in [5, 5.41) is 26.6. The third kappa shape index (κ3) is 3.07. The molecule has 0 N–H and O–H groups in total. The molecule has 0 radical (unpaired) electrons. The lowest BCUT2D eigenvalue weighted by Crippen LogP contribution is -2.29. The van der Waals surface area contributed by atoms with Crippen LogP contribution in [0, 0.1) is 10.1 Å². The maximum absolute atomic E-state index is 11.0. The van der Waals surface area contributed by atoms with Crippen LogP contribution < -0.4 is 14.5 Å². The fraction of sp³-hybridized carbons (Fsp3) is 0.211. The highest BCUT2D eigenvalue weighted by Gasteiger charge is 2.28. The number of hydrazone groups is 1. The third-order valence-electron chi connectivity index (χ3n) is 4.89. The van der Waals surface area contributed by atoms with E-state index in [4.69, 9.17) is 14.6 Å². The molecule has 0 aliphatic carbocycles. The number of nitro groups is 1. The number of benzene rings is 2. The van der Waals surface area contributed by atoms with E-state index in [0.29, 0.717) is 28.8 Å². The number of hydrogen-bond donors (Lipinski definition) is 0. The molecule has 0 saturated carbocycles. The zero-order valence-electron chi connectivity index (χ0n) is 15.3. The van der Waals surface area contributed by atoms with Gasteiger partial charge < -0.3 is 9.47 Å². The summed E-state index contributed by atoms with van der Waals surface area (Å²) < 4.78 is 11.1. The predicted octanol–water partition coefficient (Wildman–Crippen LogP) is 3.38. The Hall–Kier alpha value is -3.53. The summed E-state index contributed by atoms with van der Waals surface area (Å²) in [5.74, 6) is 1.37. The van der Waals surface area contributed by atoms with Crippen molar-refractivity contribution in [2.24, 2.45) is 5.10 Å². The van der Waals surface area contributed by atoms with E-state index in [9.17, 15) is 10.1 Å². The van der Waals surface area contributed by atoms with E-state index >= 15 is 0 Å². The highest BCUT2D eigenvalue weighted by molar-refractivity contribution is 7.13. The Morgan fingerprint density at radius 2 is 1.97 bits per heavy atom. The van der Waals surface area contributed by atoms with Crippen molar-refractivity contribution >= 4 is 27.9 Å². The van der Waals surface area contributed by atoms with Gasteiger partial charge in [0.15, 0.2) is 11.5 Å². The van der Waals surface area contributed by atoms with E-state index in [2.05, 4.69) is 17.1 Å². The van der Waals surface area contributed by atoms with Gasteiger partial charge in [0.2, 0.25) is 11.9 Å². The largest absolute Gasteiger partial charge is 0.454 e. The van der Waals surface area contributed by atoms with Gasteiger partial charge in [0, 0.05) is 23.3 Å². The summed E-state index contributed by atoms with van der Waals surface area (Å²) in [4.78, 5) is 10.6. The first-order chi connectivity index (χ1) is 14.1. The maximum atomic E-state index is 11.0. The molecule has 1 aromatic heterocycles. The van der Waals surface area contributed by atoms with E-state index in [1.54, 1.807) is 17.6 Å². The zero-order chi connectivity index (χ0) is 20.0. The van der Waals surface area contributed by atoms with Gasteiger partial charge in [-0.15, -0.1) is 10.2 Å². The van der Waals surface area contributed by atoms with Crippen LogP contribution in [-0.2, 0) is 6.42 Å². The maximum Gasteiger partial charge on any atom is 0.269 e. The van der Waals surface area contributed by atoms with Crippen LogP contribution in [-0.4, -0.2) is 33.7 Å². The number of hydrogen-bond acceptors (Lipinski definition) is 9. The second-order valence-corrected chi connectivity index (χ2v) is 7.55. The Morgan fingerprint density at radius 3 is 2.66 bits per heavy atom. The highest BCUT2D eigenvalue weighted by atomic mass is 32.1. The molecule has 146 valence electrons. The van der Waals surface area contributed by atoms with E-state index in [-0.39, 0.29) is 18.5 Å². The van der Waals surface area contributed by atoms with Crippen LogP contribution in [0.4, 0.5) is 10.8 Å². The predicted molar refractivity (Wildman–Crippen MR) is 107 cm³/mol. The minimum absolute atomic E-state index is 0.0256. The average Bonchev–Trinajstić information content (AvgIpc) is 3.38. The topological polar surface area (TPSA) is 103 Å². The molecule has 10 heteroatoms. The van der Waals surface area contributed by atoms with Gasteiger partial charge >= 0.3 is 0 Å². The van der Waals surface area contributed by atoms with Gasteiger partial charge in [-0.05, 0) is 43.2 Å². The van der Waals surface area contributed by atoms with Crippen LogP contribution in [0.2, 0.25) is 0 Å². The molecule has 0 fully saturated rings. The number of nitrogens with zero attached hydrogens (tertiary/aromatic N) is 5. The van der Waals surface area contributed by atoms with Gasteiger partial charge in [-0.2, -0.15) is 5.10 Å². The first kappa shape index (κ1) is 17.6. The van der Waals surface area contributed by atoms with Crippen LogP contribution in [0.5, 0.6) is 11.5 Å². The van der Waals surface area contributed by atoms with Crippen LogP contribution in [0.25, 0.3) is 0 Å². The number of rotatable bonds is 3. The Labute approximate surface area is 169 Å². The van der Waals surface area contributed by atoms with Crippen molar-refractivity contribution in [1.29, 1.82) is 0 Å². The summed E-state index contributed by atoms with van der Waals surface area (Å²) in [7, 11) is 0. The van der Waals surface area contributed by atoms with Crippen molar-refractivity contribution in [2.45, 2.75) is 19.4 Å². The molecule has 1 atom stereocenters. The molecule has 0 bridgehead atoms. The summed E-state index contributed by atoms with van der Waals surface area (Å²) in [6.45, 7) is 2.26. The number of aromatic nitrogens is 2.